The van der Waals surface area contributed by atoms with Gasteiger partial charge in [-0.1, -0.05) is 0 Å². The fraction of sp³-hybridized carbons (Fsp3) is 0.632. The van der Waals surface area contributed by atoms with Crippen molar-refractivity contribution < 1.29 is 18.3 Å². The lowest BCUT2D eigenvalue weighted by Gasteiger charge is -2.16. The number of guanidine groups is 1. The molecule has 1 fully saturated rings. The first-order chi connectivity index (χ1) is 13.1. The van der Waals surface area contributed by atoms with Gasteiger partial charge in [-0.2, -0.15) is 8.78 Å². The molecule has 0 bridgehead atoms. The highest BCUT2D eigenvalue weighted by atomic mass is 127. The maximum absolute atomic E-state index is 12.6. The Morgan fingerprint density at radius 1 is 1.25 bits per heavy atom. The van der Waals surface area contributed by atoms with E-state index in [0.29, 0.717) is 17.3 Å². The number of halogens is 3. The van der Waals surface area contributed by atoms with Crippen molar-refractivity contribution in [2.45, 2.75) is 39.3 Å². The normalized spacial score (nSPS) is 14.7. The van der Waals surface area contributed by atoms with Crippen LogP contribution in [0.5, 0.6) is 11.5 Å². The average molecular weight is 512 g/mol. The van der Waals surface area contributed by atoms with E-state index in [1.54, 1.807) is 12.1 Å². The summed E-state index contributed by atoms with van der Waals surface area (Å²) in [6.45, 7) is 4.30. The van der Waals surface area contributed by atoms with Gasteiger partial charge in [0.15, 0.2) is 5.96 Å². The molecule has 1 heterocycles. The number of rotatable bonds is 10. The van der Waals surface area contributed by atoms with Gasteiger partial charge in [0.25, 0.3) is 0 Å². The molecule has 0 amide bonds. The van der Waals surface area contributed by atoms with Crippen molar-refractivity contribution in [3.05, 3.63) is 23.8 Å². The number of alkyl halides is 2. The van der Waals surface area contributed by atoms with Crippen LogP contribution in [0.25, 0.3) is 0 Å². The van der Waals surface area contributed by atoms with Crippen LogP contribution in [0.4, 0.5) is 8.78 Å². The van der Waals surface area contributed by atoms with Gasteiger partial charge in [-0.3, -0.25) is 0 Å². The molecule has 1 aliphatic rings. The third kappa shape index (κ3) is 8.76. The van der Waals surface area contributed by atoms with E-state index in [9.17, 15) is 8.78 Å². The van der Waals surface area contributed by atoms with E-state index in [2.05, 4.69) is 25.3 Å². The molecule has 28 heavy (non-hydrogen) atoms. The van der Waals surface area contributed by atoms with Gasteiger partial charge < -0.3 is 25.0 Å². The van der Waals surface area contributed by atoms with Crippen LogP contribution in [0.2, 0.25) is 0 Å². The summed E-state index contributed by atoms with van der Waals surface area (Å²) in [6.07, 6.45) is 3.62. The third-order valence-corrected chi connectivity index (χ3v) is 4.38. The molecular weight excluding hydrogens is 481 g/mol. The van der Waals surface area contributed by atoms with Gasteiger partial charge in [-0.15, -0.1) is 24.0 Å². The van der Waals surface area contributed by atoms with Crippen molar-refractivity contribution in [1.29, 1.82) is 0 Å². The second-order valence-corrected chi connectivity index (χ2v) is 6.38. The number of aliphatic imine (C=N–C) groups is 1. The minimum absolute atomic E-state index is 0. The SMILES string of the molecule is CCNC(=NCc1cc(OC)ccc1OC(F)F)NCCCN1CCCC1.I. The molecule has 0 aromatic heterocycles. The molecule has 2 rings (SSSR count). The van der Waals surface area contributed by atoms with Crippen molar-refractivity contribution in [3.8, 4) is 11.5 Å². The van der Waals surface area contributed by atoms with Crippen LogP contribution in [-0.4, -0.2) is 57.3 Å². The van der Waals surface area contributed by atoms with E-state index in [1.165, 1.54) is 39.1 Å². The Hall–Kier alpha value is -1.36. The smallest absolute Gasteiger partial charge is 0.387 e. The summed E-state index contributed by atoms with van der Waals surface area (Å²) in [5.41, 5.74) is 0.545. The van der Waals surface area contributed by atoms with Gasteiger partial charge in [-0.25, -0.2) is 4.99 Å². The van der Waals surface area contributed by atoms with Crippen LogP contribution in [-0.2, 0) is 6.54 Å². The van der Waals surface area contributed by atoms with Crippen LogP contribution in [0.1, 0.15) is 31.7 Å². The van der Waals surface area contributed by atoms with Crippen molar-refractivity contribution >= 4 is 29.9 Å². The number of methoxy groups -OCH3 is 1. The summed E-state index contributed by atoms with van der Waals surface area (Å²) in [5, 5.41) is 6.47. The lowest BCUT2D eigenvalue weighted by Crippen LogP contribution is -2.38. The molecule has 160 valence electrons. The molecule has 2 N–H and O–H groups in total. The first-order valence-corrected chi connectivity index (χ1v) is 9.48. The molecule has 0 aliphatic carbocycles. The molecular formula is C19H31F2IN4O2. The van der Waals surface area contributed by atoms with Crippen molar-refractivity contribution in [2.24, 2.45) is 4.99 Å². The van der Waals surface area contributed by atoms with E-state index in [0.717, 1.165) is 26.1 Å². The molecule has 1 aromatic carbocycles. The van der Waals surface area contributed by atoms with E-state index >= 15 is 0 Å². The monoisotopic (exact) mass is 512 g/mol. The van der Waals surface area contributed by atoms with E-state index in [4.69, 9.17) is 4.74 Å². The van der Waals surface area contributed by atoms with Crippen molar-refractivity contribution in [3.63, 3.8) is 0 Å². The summed E-state index contributed by atoms with van der Waals surface area (Å²) in [5.74, 6) is 1.34. The van der Waals surface area contributed by atoms with Gasteiger partial charge in [-0.05, 0) is 64.0 Å². The second kappa shape index (κ2) is 13.8. The lowest BCUT2D eigenvalue weighted by atomic mass is 10.2. The van der Waals surface area contributed by atoms with Crippen LogP contribution in [0, 0.1) is 0 Å². The Balaban J connectivity index is 0.00000392. The Bertz CT molecular complexity index is 599. The molecule has 0 radical (unpaired) electrons. The fourth-order valence-electron chi connectivity index (χ4n) is 3.04. The summed E-state index contributed by atoms with van der Waals surface area (Å²) < 4.78 is 35.0. The molecule has 1 saturated heterocycles. The molecule has 6 nitrogen and oxygen atoms in total. The number of likely N-dealkylation sites (tertiary alicyclic amines) is 1. The molecule has 1 aromatic rings. The fourth-order valence-corrected chi connectivity index (χ4v) is 3.04. The second-order valence-electron chi connectivity index (χ2n) is 6.38. The summed E-state index contributed by atoms with van der Waals surface area (Å²) in [4.78, 5) is 6.96. The van der Waals surface area contributed by atoms with Gasteiger partial charge in [0.2, 0.25) is 0 Å². The van der Waals surface area contributed by atoms with Gasteiger partial charge in [0.05, 0.1) is 13.7 Å². The summed E-state index contributed by atoms with van der Waals surface area (Å²) >= 11 is 0. The highest BCUT2D eigenvalue weighted by Gasteiger charge is 2.12. The maximum Gasteiger partial charge on any atom is 0.387 e. The van der Waals surface area contributed by atoms with E-state index in [1.807, 2.05) is 6.92 Å². The number of ether oxygens (including phenoxy) is 2. The largest absolute Gasteiger partial charge is 0.497 e. The average Bonchev–Trinajstić information content (AvgIpc) is 3.17. The highest BCUT2D eigenvalue weighted by Crippen LogP contribution is 2.26. The number of benzene rings is 1. The van der Waals surface area contributed by atoms with E-state index in [-0.39, 0.29) is 36.3 Å². The number of nitrogens with one attached hydrogen (secondary N) is 2. The van der Waals surface area contributed by atoms with Crippen molar-refractivity contribution in [2.75, 3.05) is 39.8 Å². The summed E-state index contributed by atoms with van der Waals surface area (Å²) in [7, 11) is 1.53. The Kier molecular flexibility index (Phi) is 12.1. The zero-order chi connectivity index (χ0) is 19.5. The van der Waals surface area contributed by atoms with Gasteiger partial charge >= 0.3 is 6.61 Å². The Morgan fingerprint density at radius 3 is 2.64 bits per heavy atom. The molecule has 0 spiro atoms. The lowest BCUT2D eigenvalue weighted by molar-refractivity contribution is -0.0504. The Morgan fingerprint density at radius 2 is 2.00 bits per heavy atom. The maximum atomic E-state index is 12.6. The molecule has 1 aliphatic heterocycles. The topological polar surface area (TPSA) is 58.1 Å². The number of hydrogen-bond acceptors (Lipinski definition) is 4. The van der Waals surface area contributed by atoms with Crippen LogP contribution in [0.3, 0.4) is 0 Å². The Labute approximate surface area is 183 Å². The van der Waals surface area contributed by atoms with Crippen molar-refractivity contribution in [1.82, 2.24) is 15.5 Å². The van der Waals surface area contributed by atoms with Gasteiger partial charge in [0.1, 0.15) is 11.5 Å². The quantitative estimate of drug-likeness (QED) is 0.218. The van der Waals surface area contributed by atoms with E-state index < -0.39 is 6.61 Å². The van der Waals surface area contributed by atoms with Crippen LogP contribution in [0.15, 0.2) is 23.2 Å². The molecule has 0 unspecified atom stereocenters. The zero-order valence-electron chi connectivity index (χ0n) is 16.5. The zero-order valence-corrected chi connectivity index (χ0v) is 18.9. The number of nitrogens with zero attached hydrogens (tertiary/aromatic N) is 2. The predicted octanol–water partition coefficient (Wildman–Crippen LogP) is 3.46. The molecule has 9 heteroatoms. The molecule has 0 atom stereocenters. The predicted molar refractivity (Wildman–Crippen MR) is 118 cm³/mol. The molecule has 0 saturated carbocycles. The highest BCUT2D eigenvalue weighted by molar-refractivity contribution is 14.0. The third-order valence-electron chi connectivity index (χ3n) is 4.38. The minimum atomic E-state index is -2.88. The van der Waals surface area contributed by atoms with Crippen LogP contribution >= 0.6 is 24.0 Å². The summed E-state index contributed by atoms with van der Waals surface area (Å²) in [6, 6.07) is 4.73. The standard InChI is InChI=1S/C19H30F2N4O2.HI/c1-3-22-19(23-9-6-12-25-10-4-5-11-25)24-14-15-13-16(26-2)7-8-17(15)27-18(20)21;/h7-8,13,18H,3-6,9-12,14H2,1-2H3,(H2,22,23,24);1H. The van der Waals surface area contributed by atoms with Gasteiger partial charge in [0, 0.05) is 18.7 Å². The minimum Gasteiger partial charge on any atom is -0.497 e. The first-order valence-electron chi connectivity index (χ1n) is 9.48. The number of hydrogen-bond donors (Lipinski definition) is 2. The first kappa shape index (κ1) is 24.7. The van der Waals surface area contributed by atoms with Crippen LogP contribution < -0.4 is 20.1 Å².